The molecule has 2 aromatic heterocycles. The van der Waals surface area contributed by atoms with Crippen LogP contribution in [0, 0.1) is 0 Å². The van der Waals surface area contributed by atoms with Gasteiger partial charge in [0, 0.05) is 23.6 Å². The van der Waals surface area contributed by atoms with Crippen LogP contribution in [0.2, 0.25) is 5.15 Å². The number of rotatable bonds is 4. The molecule has 0 aliphatic carbocycles. The number of aromatic nitrogens is 2. The van der Waals surface area contributed by atoms with E-state index >= 15 is 0 Å². The summed E-state index contributed by atoms with van der Waals surface area (Å²) in [6, 6.07) is 6.11. The number of pyridine rings is 1. The molecule has 0 fully saturated rings. The number of nitrogens with zero attached hydrogens (tertiary/aromatic N) is 1. The monoisotopic (exact) mass is 400 g/mol. The zero-order valence-corrected chi connectivity index (χ0v) is 15.9. The molecule has 28 heavy (non-hydrogen) atoms. The van der Waals surface area contributed by atoms with Gasteiger partial charge in [-0.05, 0) is 23.8 Å². The minimum absolute atomic E-state index is 0.297. The van der Waals surface area contributed by atoms with Crippen molar-refractivity contribution in [3.63, 3.8) is 0 Å². The van der Waals surface area contributed by atoms with Crippen LogP contribution in [0.15, 0.2) is 30.5 Å². The van der Waals surface area contributed by atoms with E-state index in [0.717, 1.165) is 10.9 Å². The Morgan fingerprint density at radius 1 is 1.21 bits per heavy atom. The molecule has 2 amide bonds. The summed E-state index contributed by atoms with van der Waals surface area (Å²) in [5.41, 5.74) is 2.49. The van der Waals surface area contributed by atoms with Crippen molar-refractivity contribution in [3.05, 3.63) is 46.9 Å². The second-order valence-electron chi connectivity index (χ2n) is 6.36. The van der Waals surface area contributed by atoms with Gasteiger partial charge in [0.05, 0.1) is 25.9 Å². The smallest absolute Gasteiger partial charge is 0.268 e. The van der Waals surface area contributed by atoms with Crippen molar-refractivity contribution >= 4 is 40.0 Å². The predicted octanol–water partition coefficient (Wildman–Crippen LogP) is 2.53. The number of fused-ring (bicyclic) bond motifs is 2. The number of ether oxygens (including phenoxy) is 2. The van der Waals surface area contributed by atoms with E-state index in [4.69, 9.17) is 21.1 Å². The van der Waals surface area contributed by atoms with Gasteiger partial charge in [-0.25, -0.2) is 4.98 Å². The van der Waals surface area contributed by atoms with E-state index in [0.29, 0.717) is 40.0 Å². The zero-order chi connectivity index (χ0) is 19.8. The first-order valence-electron chi connectivity index (χ1n) is 8.49. The first-order valence-corrected chi connectivity index (χ1v) is 8.87. The Morgan fingerprint density at radius 2 is 1.96 bits per heavy atom. The van der Waals surface area contributed by atoms with Gasteiger partial charge in [-0.1, -0.05) is 11.6 Å². The molecule has 144 valence electrons. The van der Waals surface area contributed by atoms with Crippen LogP contribution in [0.25, 0.3) is 10.9 Å². The molecule has 3 heterocycles. The highest BCUT2D eigenvalue weighted by Gasteiger charge is 2.29. The lowest BCUT2D eigenvalue weighted by atomic mass is 9.98. The van der Waals surface area contributed by atoms with E-state index in [1.165, 1.54) is 7.11 Å². The molecule has 1 aromatic carbocycles. The average Bonchev–Trinajstić information content (AvgIpc) is 3.11. The van der Waals surface area contributed by atoms with Crippen molar-refractivity contribution < 1.29 is 19.1 Å². The number of amides is 2. The molecule has 3 aromatic rings. The van der Waals surface area contributed by atoms with Crippen LogP contribution in [-0.4, -0.2) is 42.0 Å². The summed E-state index contributed by atoms with van der Waals surface area (Å²) < 4.78 is 10.6. The number of anilines is 1. The fourth-order valence-corrected chi connectivity index (χ4v) is 3.38. The first kappa shape index (κ1) is 18.1. The lowest BCUT2D eigenvalue weighted by Crippen LogP contribution is -2.47. The molecule has 9 heteroatoms. The van der Waals surface area contributed by atoms with Gasteiger partial charge in [-0.15, -0.1) is 0 Å². The Morgan fingerprint density at radius 3 is 2.71 bits per heavy atom. The molecular formula is C19H17ClN4O4. The minimum Gasteiger partial charge on any atom is -0.493 e. The molecule has 1 aliphatic rings. The first-order chi connectivity index (χ1) is 13.5. The van der Waals surface area contributed by atoms with Crippen LogP contribution in [0.1, 0.15) is 16.1 Å². The van der Waals surface area contributed by atoms with Crippen LogP contribution >= 0.6 is 11.6 Å². The number of aromatic amines is 1. The zero-order valence-electron chi connectivity index (χ0n) is 15.1. The quantitative estimate of drug-likeness (QED) is 0.583. The van der Waals surface area contributed by atoms with Crippen LogP contribution < -0.4 is 20.1 Å². The highest BCUT2D eigenvalue weighted by molar-refractivity contribution is 6.30. The topological polar surface area (TPSA) is 105 Å². The maximum atomic E-state index is 12.6. The van der Waals surface area contributed by atoms with E-state index in [2.05, 4.69) is 20.6 Å². The van der Waals surface area contributed by atoms with Crippen molar-refractivity contribution in [2.45, 2.75) is 12.5 Å². The summed E-state index contributed by atoms with van der Waals surface area (Å²) in [4.78, 5) is 32.0. The Bertz CT molecular complexity index is 1090. The van der Waals surface area contributed by atoms with Gasteiger partial charge in [0.15, 0.2) is 11.5 Å². The van der Waals surface area contributed by atoms with Gasteiger partial charge in [0.25, 0.3) is 5.91 Å². The molecule has 4 rings (SSSR count). The molecule has 0 saturated heterocycles. The van der Waals surface area contributed by atoms with Crippen molar-refractivity contribution in [3.8, 4) is 11.5 Å². The third-order valence-electron chi connectivity index (χ3n) is 4.63. The second-order valence-corrected chi connectivity index (χ2v) is 6.75. The number of carbonyl (C=O) groups excluding carboxylic acids is 2. The summed E-state index contributed by atoms with van der Waals surface area (Å²) in [6.45, 7) is 0. The van der Waals surface area contributed by atoms with Gasteiger partial charge < -0.3 is 25.1 Å². The Kier molecular flexibility index (Phi) is 4.56. The standard InChI is InChI=1S/C19H17ClN4O4/c1-27-15-5-9-3-13(19(26)23-11(9)7-16(15)28-2)24-18(25)12-4-10-6-17(20)21-8-14(10)22-12/h4-8,13,22H,3H2,1-2H3,(H,23,26)(H,24,25). The molecule has 0 spiro atoms. The molecule has 0 bridgehead atoms. The summed E-state index contributed by atoms with van der Waals surface area (Å²) in [7, 11) is 3.07. The molecule has 1 aliphatic heterocycles. The molecule has 3 N–H and O–H groups in total. The molecule has 0 saturated carbocycles. The Labute approximate surface area is 165 Å². The number of hydrogen-bond donors (Lipinski definition) is 3. The number of benzene rings is 1. The lowest BCUT2D eigenvalue weighted by molar-refractivity contribution is -0.118. The summed E-state index contributed by atoms with van der Waals surface area (Å²) in [5.74, 6) is 0.391. The largest absolute Gasteiger partial charge is 0.493 e. The average molecular weight is 401 g/mol. The number of methoxy groups -OCH3 is 2. The highest BCUT2D eigenvalue weighted by Crippen LogP contribution is 2.35. The molecule has 8 nitrogen and oxygen atoms in total. The van der Waals surface area contributed by atoms with E-state index in [1.54, 1.807) is 37.6 Å². The number of carbonyl (C=O) groups is 2. The minimum atomic E-state index is -0.716. The van der Waals surface area contributed by atoms with Gasteiger partial charge >= 0.3 is 0 Å². The van der Waals surface area contributed by atoms with Crippen LogP contribution in [-0.2, 0) is 11.2 Å². The van der Waals surface area contributed by atoms with Crippen molar-refractivity contribution in [1.82, 2.24) is 15.3 Å². The number of halogens is 1. The summed E-state index contributed by atoms with van der Waals surface area (Å²) >= 11 is 5.88. The number of H-pyrrole nitrogens is 1. The van der Waals surface area contributed by atoms with E-state index in [9.17, 15) is 9.59 Å². The maximum absolute atomic E-state index is 12.6. The van der Waals surface area contributed by atoms with Crippen molar-refractivity contribution in [2.75, 3.05) is 19.5 Å². The van der Waals surface area contributed by atoms with Crippen LogP contribution in [0.3, 0.4) is 0 Å². The van der Waals surface area contributed by atoms with Crippen LogP contribution in [0.4, 0.5) is 5.69 Å². The van der Waals surface area contributed by atoms with Gasteiger partial charge in [0.1, 0.15) is 16.9 Å². The third-order valence-corrected chi connectivity index (χ3v) is 4.84. The SMILES string of the molecule is COc1cc2c(cc1OC)NC(=O)C(NC(=O)c1cc3cc(Cl)ncc3[nH]1)C2. The number of nitrogens with one attached hydrogen (secondary N) is 3. The molecular weight excluding hydrogens is 384 g/mol. The van der Waals surface area contributed by atoms with E-state index in [-0.39, 0.29) is 5.91 Å². The second kappa shape index (κ2) is 7.05. The van der Waals surface area contributed by atoms with Gasteiger partial charge in [0.2, 0.25) is 5.91 Å². The molecule has 1 atom stereocenters. The van der Waals surface area contributed by atoms with Gasteiger partial charge in [-0.2, -0.15) is 0 Å². The number of hydrogen-bond acceptors (Lipinski definition) is 5. The lowest BCUT2D eigenvalue weighted by Gasteiger charge is -2.26. The summed E-state index contributed by atoms with van der Waals surface area (Å²) in [6.07, 6.45) is 1.89. The van der Waals surface area contributed by atoms with Crippen LogP contribution in [0.5, 0.6) is 11.5 Å². The normalized spacial score (nSPS) is 15.7. The van der Waals surface area contributed by atoms with Crippen molar-refractivity contribution in [1.29, 1.82) is 0 Å². The third kappa shape index (κ3) is 3.22. The fourth-order valence-electron chi connectivity index (χ4n) is 3.22. The van der Waals surface area contributed by atoms with Gasteiger partial charge in [-0.3, -0.25) is 9.59 Å². The van der Waals surface area contributed by atoms with Crippen molar-refractivity contribution in [2.24, 2.45) is 0 Å². The van der Waals surface area contributed by atoms with E-state index < -0.39 is 11.9 Å². The Balaban J connectivity index is 1.56. The Hall–Kier alpha value is -3.26. The molecule has 0 radical (unpaired) electrons. The fraction of sp³-hybridized carbons (Fsp3) is 0.211. The summed E-state index contributed by atoms with van der Waals surface area (Å²) in [5, 5.41) is 6.66. The maximum Gasteiger partial charge on any atom is 0.268 e. The highest BCUT2D eigenvalue weighted by atomic mass is 35.5. The predicted molar refractivity (Wildman–Crippen MR) is 104 cm³/mol. The molecule has 1 unspecified atom stereocenters. The van der Waals surface area contributed by atoms with E-state index in [1.807, 2.05) is 0 Å².